The molecule has 0 radical (unpaired) electrons. The number of hydrogen-bond donors (Lipinski definition) is 2. The second kappa shape index (κ2) is 3.93. The number of oxime groups is 1. The fourth-order valence-electron chi connectivity index (χ4n) is 2.69. The zero-order valence-electron chi connectivity index (χ0n) is 10.4. The topological polar surface area (TPSA) is 73.1 Å². The van der Waals surface area contributed by atoms with Crippen LogP contribution in [0.3, 0.4) is 0 Å². The van der Waals surface area contributed by atoms with Crippen LogP contribution < -0.4 is 4.90 Å². The van der Waals surface area contributed by atoms with Gasteiger partial charge in [0.25, 0.3) is 0 Å². The van der Waals surface area contributed by atoms with E-state index in [1.807, 2.05) is 31.2 Å². The number of Topliss-reactive ketones (excluding diaryl/α,β-unsaturated/α-hetero) is 1. The molecule has 1 aromatic carbocycles. The van der Waals surface area contributed by atoms with Crippen LogP contribution >= 0.6 is 0 Å². The first-order chi connectivity index (χ1) is 9.06. The molecule has 1 saturated heterocycles. The monoisotopic (exact) mass is 258 g/mol. The minimum Gasteiger partial charge on any atom is -0.411 e. The minimum absolute atomic E-state index is 0.136. The summed E-state index contributed by atoms with van der Waals surface area (Å²) in [5, 5.41) is 22.8. The molecule has 0 amide bonds. The van der Waals surface area contributed by atoms with Crippen molar-refractivity contribution in [3.63, 3.8) is 0 Å². The Balaban J connectivity index is 2.12. The summed E-state index contributed by atoms with van der Waals surface area (Å²) in [6.45, 7) is 1.97. The molecule has 0 aromatic heterocycles. The Morgan fingerprint density at radius 3 is 2.68 bits per heavy atom. The average Bonchev–Trinajstić information content (AvgIpc) is 2.58. The van der Waals surface area contributed by atoms with Gasteiger partial charge in [-0.15, -0.1) is 0 Å². The number of benzene rings is 1. The lowest BCUT2D eigenvalue weighted by Crippen LogP contribution is -2.53. The second-order valence-electron chi connectivity index (χ2n) is 4.93. The fourth-order valence-corrected chi connectivity index (χ4v) is 2.69. The molecule has 5 nitrogen and oxygen atoms in total. The van der Waals surface area contributed by atoms with E-state index in [4.69, 9.17) is 5.21 Å². The van der Waals surface area contributed by atoms with E-state index in [0.29, 0.717) is 5.71 Å². The molecular formula is C14H14N2O3. The molecule has 5 heteroatoms. The van der Waals surface area contributed by atoms with Gasteiger partial charge in [0.1, 0.15) is 5.71 Å². The third-order valence-corrected chi connectivity index (χ3v) is 3.72. The van der Waals surface area contributed by atoms with Crippen molar-refractivity contribution in [1.29, 1.82) is 0 Å². The van der Waals surface area contributed by atoms with E-state index in [-0.39, 0.29) is 12.2 Å². The Kier molecular flexibility index (Phi) is 2.46. The van der Waals surface area contributed by atoms with Gasteiger partial charge in [-0.05, 0) is 31.2 Å². The zero-order chi connectivity index (χ0) is 13.6. The maximum atomic E-state index is 12.0. The van der Waals surface area contributed by atoms with E-state index in [9.17, 15) is 9.90 Å². The molecule has 1 aromatic rings. The third-order valence-electron chi connectivity index (χ3n) is 3.72. The number of hydrogen-bond acceptors (Lipinski definition) is 5. The molecule has 0 saturated carbocycles. The van der Waals surface area contributed by atoms with Crippen molar-refractivity contribution in [2.45, 2.75) is 25.1 Å². The summed E-state index contributed by atoms with van der Waals surface area (Å²) in [6.07, 6.45) is 3.02. The number of carbonyl (C=O) groups is 1. The predicted octanol–water partition coefficient (Wildman–Crippen LogP) is 1.23. The Labute approximate surface area is 110 Å². The zero-order valence-corrected chi connectivity index (χ0v) is 10.4. The number of ketones is 1. The summed E-state index contributed by atoms with van der Waals surface area (Å²) in [4.78, 5) is 13.6. The van der Waals surface area contributed by atoms with Gasteiger partial charge >= 0.3 is 0 Å². The van der Waals surface area contributed by atoms with Crippen LogP contribution in [0, 0.1) is 6.92 Å². The standard InChI is InChI=1S/C14H14N2O3/c1-9-2-4-10(5-3-9)16-12-8-13(17)14(16,18)7-6-11(12)15-19/h2-7,12,18-19H,8H2,1H3/b15-11+/t12-,14+/m0/s1. The molecule has 2 heterocycles. The van der Waals surface area contributed by atoms with Crippen molar-refractivity contribution in [3.05, 3.63) is 42.0 Å². The number of nitrogens with zero attached hydrogens (tertiary/aromatic N) is 2. The maximum Gasteiger partial charge on any atom is 0.219 e. The molecule has 0 unspecified atom stereocenters. The molecule has 98 valence electrons. The molecule has 0 spiro atoms. The number of anilines is 1. The molecule has 3 rings (SSSR count). The summed E-state index contributed by atoms with van der Waals surface area (Å²) in [5.41, 5.74) is 0.581. The minimum atomic E-state index is -1.63. The molecule has 19 heavy (non-hydrogen) atoms. The van der Waals surface area contributed by atoms with Crippen LogP contribution in [-0.2, 0) is 4.79 Å². The van der Waals surface area contributed by atoms with Crippen molar-refractivity contribution in [1.82, 2.24) is 0 Å². The Morgan fingerprint density at radius 2 is 2.05 bits per heavy atom. The summed E-state index contributed by atoms with van der Waals surface area (Å²) in [7, 11) is 0. The van der Waals surface area contributed by atoms with Gasteiger partial charge in [0.05, 0.1) is 6.04 Å². The van der Waals surface area contributed by atoms with Crippen LogP contribution in [0.4, 0.5) is 5.69 Å². The molecule has 1 fully saturated rings. The van der Waals surface area contributed by atoms with Gasteiger partial charge in [0.2, 0.25) is 5.72 Å². The lowest BCUT2D eigenvalue weighted by Gasteiger charge is -2.38. The Morgan fingerprint density at radius 1 is 1.37 bits per heavy atom. The summed E-state index contributed by atoms with van der Waals surface area (Å²) in [6, 6.07) is 7.10. The molecule has 2 aliphatic heterocycles. The Hall–Kier alpha value is -2.14. The van der Waals surface area contributed by atoms with E-state index >= 15 is 0 Å². The van der Waals surface area contributed by atoms with Crippen LogP contribution in [0.15, 0.2) is 41.6 Å². The van der Waals surface area contributed by atoms with Crippen LogP contribution in [0.1, 0.15) is 12.0 Å². The first kappa shape index (κ1) is 11.9. The number of carbonyl (C=O) groups excluding carboxylic acids is 1. The quantitative estimate of drug-likeness (QED) is 0.587. The highest BCUT2D eigenvalue weighted by Gasteiger charge is 2.54. The molecule has 2 bridgehead atoms. The number of rotatable bonds is 1. The van der Waals surface area contributed by atoms with Crippen LogP contribution in [0.25, 0.3) is 0 Å². The molecule has 2 N–H and O–H groups in total. The van der Waals surface area contributed by atoms with Gasteiger partial charge in [0, 0.05) is 12.1 Å². The van der Waals surface area contributed by atoms with Gasteiger partial charge in [-0.25, -0.2) is 0 Å². The lowest BCUT2D eigenvalue weighted by molar-refractivity contribution is -0.129. The largest absolute Gasteiger partial charge is 0.411 e. The first-order valence-electron chi connectivity index (χ1n) is 6.09. The summed E-state index contributed by atoms with van der Waals surface area (Å²) >= 11 is 0. The number of fused-ring (bicyclic) bond motifs is 2. The van der Waals surface area contributed by atoms with Gasteiger partial charge < -0.3 is 15.2 Å². The summed E-state index contributed by atoms with van der Waals surface area (Å²) < 4.78 is 0. The number of aliphatic hydroxyl groups is 1. The number of aryl methyl sites for hydroxylation is 1. The van der Waals surface area contributed by atoms with Crippen molar-refractivity contribution < 1.29 is 15.1 Å². The van der Waals surface area contributed by atoms with Crippen molar-refractivity contribution in [3.8, 4) is 0 Å². The van der Waals surface area contributed by atoms with Gasteiger partial charge in [-0.2, -0.15) is 0 Å². The van der Waals surface area contributed by atoms with Gasteiger partial charge in [-0.3, -0.25) is 4.79 Å². The molecular weight excluding hydrogens is 244 g/mol. The Bertz CT molecular complexity index is 591. The van der Waals surface area contributed by atoms with E-state index in [1.165, 1.54) is 12.2 Å². The summed E-state index contributed by atoms with van der Waals surface area (Å²) in [5.74, 6) is -0.284. The third kappa shape index (κ3) is 1.58. The lowest BCUT2D eigenvalue weighted by atomic mass is 10.0. The van der Waals surface area contributed by atoms with Crippen LogP contribution in [0.2, 0.25) is 0 Å². The first-order valence-corrected chi connectivity index (χ1v) is 6.09. The normalized spacial score (nSPS) is 31.3. The van der Waals surface area contributed by atoms with Crippen LogP contribution in [-0.4, -0.2) is 33.6 Å². The van der Waals surface area contributed by atoms with Gasteiger partial charge in [0.15, 0.2) is 5.78 Å². The second-order valence-corrected chi connectivity index (χ2v) is 4.93. The predicted molar refractivity (Wildman–Crippen MR) is 70.4 cm³/mol. The highest BCUT2D eigenvalue weighted by molar-refractivity contribution is 6.13. The van der Waals surface area contributed by atoms with Crippen LogP contribution in [0.5, 0.6) is 0 Å². The van der Waals surface area contributed by atoms with E-state index in [1.54, 1.807) is 4.90 Å². The molecule has 2 aliphatic rings. The maximum absolute atomic E-state index is 12.0. The van der Waals surface area contributed by atoms with Crippen molar-refractivity contribution in [2.75, 3.05) is 4.90 Å². The van der Waals surface area contributed by atoms with E-state index in [0.717, 1.165) is 11.3 Å². The highest BCUT2D eigenvalue weighted by atomic mass is 16.4. The smallest absolute Gasteiger partial charge is 0.219 e. The van der Waals surface area contributed by atoms with E-state index < -0.39 is 11.8 Å². The molecule has 0 aliphatic carbocycles. The van der Waals surface area contributed by atoms with Crippen molar-refractivity contribution >= 4 is 17.2 Å². The SMILES string of the molecule is Cc1ccc(N2[C@H]3CC(=O)[C@]2(O)C=C/C3=N\O)cc1. The fraction of sp³-hybridized carbons (Fsp3) is 0.286. The average molecular weight is 258 g/mol. The molecule has 2 atom stereocenters. The van der Waals surface area contributed by atoms with Crippen molar-refractivity contribution in [2.24, 2.45) is 5.16 Å². The van der Waals surface area contributed by atoms with E-state index in [2.05, 4.69) is 5.16 Å². The van der Waals surface area contributed by atoms with Gasteiger partial charge in [-0.1, -0.05) is 22.9 Å². The highest BCUT2D eigenvalue weighted by Crippen LogP contribution is 2.39.